The van der Waals surface area contributed by atoms with Gasteiger partial charge in [0.25, 0.3) is 0 Å². The topological polar surface area (TPSA) is 67.6 Å². The summed E-state index contributed by atoms with van der Waals surface area (Å²) < 4.78 is 41.6. The highest BCUT2D eigenvalue weighted by atomic mass is 35.5. The summed E-state index contributed by atoms with van der Waals surface area (Å²) in [5, 5.41) is 1.44. The molecule has 0 N–H and O–H groups in total. The Hall–Kier alpha value is -2.10. The summed E-state index contributed by atoms with van der Waals surface area (Å²) in [4.78, 5) is 8.75. The van der Waals surface area contributed by atoms with Gasteiger partial charge in [0.2, 0.25) is 0 Å². The Morgan fingerprint density at radius 2 is 1.91 bits per heavy atom. The Bertz CT molecular complexity index is 1200. The Morgan fingerprint density at radius 3 is 2.75 bits per heavy atom. The zero-order chi connectivity index (χ0) is 22.2. The van der Waals surface area contributed by atoms with Crippen molar-refractivity contribution in [1.82, 2.24) is 14.5 Å². The van der Waals surface area contributed by atoms with Gasteiger partial charge in [0.15, 0.2) is 12.0 Å². The summed E-state index contributed by atoms with van der Waals surface area (Å²) in [5.41, 5.74) is 2.90. The molecule has 32 heavy (non-hydrogen) atoms. The smallest absolute Gasteiger partial charge is 0.164 e. The van der Waals surface area contributed by atoms with Gasteiger partial charge in [-0.2, -0.15) is 0 Å². The second kappa shape index (κ2) is 7.20. The highest BCUT2D eigenvalue weighted by Gasteiger charge is 2.59. The third-order valence-electron chi connectivity index (χ3n) is 6.46. The van der Waals surface area contributed by atoms with Crippen LogP contribution in [0.2, 0.25) is 5.02 Å². The van der Waals surface area contributed by atoms with Crippen molar-refractivity contribution in [3.63, 3.8) is 0 Å². The van der Waals surface area contributed by atoms with Gasteiger partial charge in [-0.3, -0.25) is 0 Å². The molecule has 0 spiro atoms. The van der Waals surface area contributed by atoms with Gasteiger partial charge in [0.05, 0.1) is 12.3 Å². The Morgan fingerprint density at radius 1 is 1.09 bits per heavy atom. The summed E-state index contributed by atoms with van der Waals surface area (Å²) in [6.07, 6.45) is -0.0534. The van der Waals surface area contributed by atoms with Gasteiger partial charge < -0.3 is 23.5 Å². The summed E-state index contributed by atoms with van der Waals surface area (Å²) in [6.45, 7) is 5.64. The molecule has 7 nitrogen and oxygen atoms in total. The van der Waals surface area contributed by atoms with Gasteiger partial charge >= 0.3 is 0 Å². The molecule has 3 aromatic rings. The van der Waals surface area contributed by atoms with E-state index in [9.17, 15) is 4.39 Å². The Labute approximate surface area is 189 Å². The van der Waals surface area contributed by atoms with Crippen LogP contribution < -0.4 is 0 Å². The number of aromatic nitrogens is 3. The number of rotatable bonds is 2. The van der Waals surface area contributed by atoms with Crippen molar-refractivity contribution in [1.29, 1.82) is 0 Å². The van der Waals surface area contributed by atoms with Crippen LogP contribution in [-0.2, 0) is 18.9 Å². The monoisotopic (exact) mass is 459 g/mol. The highest BCUT2D eigenvalue weighted by molar-refractivity contribution is 6.30. The summed E-state index contributed by atoms with van der Waals surface area (Å²) in [6, 6.07) is 7.19. The molecule has 0 radical (unpaired) electrons. The van der Waals surface area contributed by atoms with E-state index in [1.165, 1.54) is 0 Å². The van der Waals surface area contributed by atoms with Crippen LogP contribution in [0, 0.1) is 6.92 Å². The number of hydrogen-bond acceptors (Lipinski definition) is 6. The SMILES string of the molecule is Cc1ncnc2c1ccn2[C@@H]1O[C@H]([C@@H]2OC[C@@H](F)c3cc(Cl)ccc32)[C@H]2OC(C)(C)O[C@H]21. The van der Waals surface area contributed by atoms with Gasteiger partial charge in [-0.25, -0.2) is 14.4 Å². The fourth-order valence-corrected chi connectivity index (χ4v) is 5.27. The normalized spacial score (nSPS) is 33.4. The largest absolute Gasteiger partial charge is 0.367 e. The van der Waals surface area contributed by atoms with E-state index < -0.39 is 36.5 Å². The van der Waals surface area contributed by atoms with Crippen molar-refractivity contribution in [3.05, 3.63) is 58.6 Å². The molecule has 2 aromatic heterocycles. The minimum absolute atomic E-state index is 0.0664. The lowest BCUT2D eigenvalue weighted by Crippen LogP contribution is -2.37. The van der Waals surface area contributed by atoms with Gasteiger partial charge in [-0.1, -0.05) is 17.7 Å². The Kier molecular flexibility index (Phi) is 4.61. The molecule has 168 valence electrons. The quantitative estimate of drug-likeness (QED) is 0.558. The molecule has 0 saturated carbocycles. The molecule has 0 amide bonds. The average Bonchev–Trinajstić information content (AvgIpc) is 3.40. The van der Waals surface area contributed by atoms with E-state index in [4.69, 9.17) is 30.5 Å². The second-order valence-corrected chi connectivity index (χ2v) is 9.41. The highest BCUT2D eigenvalue weighted by Crippen LogP contribution is 2.50. The number of hydrogen-bond donors (Lipinski definition) is 0. The number of ether oxygens (including phenoxy) is 4. The van der Waals surface area contributed by atoms with E-state index in [1.807, 2.05) is 43.7 Å². The first-order chi connectivity index (χ1) is 15.3. The molecule has 0 unspecified atom stereocenters. The maximum atomic E-state index is 14.6. The first kappa shape index (κ1) is 20.5. The van der Waals surface area contributed by atoms with Crippen LogP contribution in [-0.4, -0.2) is 45.2 Å². The van der Waals surface area contributed by atoms with Crippen LogP contribution in [0.15, 0.2) is 36.8 Å². The third kappa shape index (κ3) is 3.08. The molecular weight excluding hydrogens is 437 g/mol. The molecule has 5 heterocycles. The summed E-state index contributed by atoms with van der Waals surface area (Å²) in [5.74, 6) is -0.788. The molecular formula is C23H23ClFN3O4. The molecule has 3 aliphatic heterocycles. The van der Waals surface area contributed by atoms with E-state index in [1.54, 1.807) is 18.5 Å². The van der Waals surface area contributed by atoms with Crippen LogP contribution in [0.3, 0.4) is 0 Å². The molecule has 2 saturated heterocycles. The number of aryl methyl sites for hydroxylation is 1. The standard InChI is InChI=1S/C23H23ClFN3O4/c1-11-13-6-7-28(21(13)27-10-26-11)22-20-19(31-23(2,3)32-20)18(30-22)17-14-5-4-12(24)8-15(14)16(25)9-29-17/h4-8,10,16-20,22H,9H2,1-3H3/t16-,17-,18-,19-,20-,22-/m1/s1. The van der Waals surface area contributed by atoms with Gasteiger partial charge in [-0.05, 0) is 50.1 Å². The first-order valence-corrected chi connectivity index (χ1v) is 11.0. The van der Waals surface area contributed by atoms with Gasteiger partial charge in [0.1, 0.15) is 42.6 Å². The van der Waals surface area contributed by atoms with E-state index in [2.05, 4.69) is 9.97 Å². The Balaban J connectivity index is 1.42. The van der Waals surface area contributed by atoms with Crippen LogP contribution in [0.25, 0.3) is 11.0 Å². The zero-order valence-electron chi connectivity index (χ0n) is 17.9. The number of fused-ring (bicyclic) bond motifs is 3. The fourth-order valence-electron chi connectivity index (χ4n) is 5.09. The molecule has 6 rings (SSSR count). The van der Waals surface area contributed by atoms with Crippen molar-refractivity contribution < 1.29 is 23.3 Å². The lowest BCUT2D eigenvalue weighted by Gasteiger charge is -2.34. The van der Waals surface area contributed by atoms with Gasteiger partial charge in [0, 0.05) is 16.6 Å². The molecule has 6 atom stereocenters. The van der Waals surface area contributed by atoms with Crippen LogP contribution >= 0.6 is 11.6 Å². The van der Waals surface area contributed by atoms with Crippen molar-refractivity contribution in [3.8, 4) is 0 Å². The maximum Gasteiger partial charge on any atom is 0.164 e. The number of nitrogens with zero attached hydrogens (tertiary/aromatic N) is 3. The number of alkyl halides is 1. The number of benzene rings is 1. The molecule has 9 heteroatoms. The first-order valence-electron chi connectivity index (χ1n) is 10.7. The minimum Gasteiger partial charge on any atom is -0.367 e. The molecule has 3 aliphatic rings. The summed E-state index contributed by atoms with van der Waals surface area (Å²) in [7, 11) is 0. The van der Waals surface area contributed by atoms with E-state index in [0.717, 1.165) is 22.3 Å². The molecule has 0 bridgehead atoms. The van der Waals surface area contributed by atoms with E-state index in [0.29, 0.717) is 10.6 Å². The second-order valence-electron chi connectivity index (χ2n) is 8.97. The molecule has 0 aliphatic carbocycles. The predicted molar refractivity (Wildman–Crippen MR) is 114 cm³/mol. The van der Waals surface area contributed by atoms with Crippen molar-refractivity contribution in [2.75, 3.05) is 6.61 Å². The lowest BCUT2D eigenvalue weighted by molar-refractivity contribution is -0.214. The third-order valence-corrected chi connectivity index (χ3v) is 6.70. The lowest BCUT2D eigenvalue weighted by atomic mass is 9.91. The molecule has 2 fully saturated rings. The fraction of sp³-hybridized carbons (Fsp3) is 0.478. The van der Waals surface area contributed by atoms with Crippen molar-refractivity contribution >= 4 is 22.6 Å². The van der Waals surface area contributed by atoms with Crippen molar-refractivity contribution in [2.24, 2.45) is 0 Å². The van der Waals surface area contributed by atoms with E-state index >= 15 is 0 Å². The minimum atomic E-state index is -1.24. The van der Waals surface area contributed by atoms with Crippen molar-refractivity contribution in [2.45, 2.75) is 63.4 Å². The zero-order valence-corrected chi connectivity index (χ0v) is 18.6. The number of halogens is 2. The van der Waals surface area contributed by atoms with Crippen LogP contribution in [0.1, 0.15) is 49.2 Å². The molecule has 1 aromatic carbocycles. The average molecular weight is 460 g/mol. The predicted octanol–water partition coefficient (Wildman–Crippen LogP) is 4.59. The summed E-state index contributed by atoms with van der Waals surface area (Å²) >= 11 is 6.14. The van der Waals surface area contributed by atoms with E-state index in [-0.39, 0.29) is 12.7 Å². The van der Waals surface area contributed by atoms with Gasteiger partial charge in [-0.15, -0.1) is 0 Å². The van der Waals surface area contributed by atoms with Crippen LogP contribution in [0.4, 0.5) is 4.39 Å². The van der Waals surface area contributed by atoms with Crippen LogP contribution in [0.5, 0.6) is 0 Å². The maximum absolute atomic E-state index is 14.6.